The third kappa shape index (κ3) is 3.86. The van der Waals surface area contributed by atoms with Crippen LogP contribution in [-0.4, -0.2) is 21.5 Å². The number of halogens is 1. The second kappa shape index (κ2) is 7.10. The molecule has 21 heavy (non-hydrogen) atoms. The van der Waals surface area contributed by atoms with Gasteiger partial charge in [-0.2, -0.15) is 5.10 Å². The Hall–Kier alpha value is -1.32. The van der Waals surface area contributed by atoms with Gasteiger partial charge >= 0.3 is 0 Å². The number of rotatable bonds is 6. The molecule has 1 aromatic carbocycles. The van der Waals surface area contributed by atoms with Crippen molar-refractivity contribution in [1.29, 1.82) is 0 Å². The molecular formula is C17H23ClN2O. The molecule has 0 saturated carbocycles. The summed E-state index contributed by atoms with van der Waals surface area (Å²) >= 11 is 6.36. The molecule has 1 unspecified atom stereocenters. The predicted octanol–water partition coefficient (Wildman–Crippen LogP) is 3.57. The number of hydrogen-bond acceptors (Lipinski definition) is 2. The Morgan fingerprint density at radius 1 is 1.29 bits per heavy atom. The fraction of sp³-hybridized carbons (Fsp3) is 0.471. The first kappa shape index (κ1) is 16.1. The van der Waals surface area contributed by atoms with Crippen LogP contribution in [0.5, 0.6) is 0 Å². The molecule has 0 bridgehead atoms. The molecule has 0 radical (unpaired) electrons. The zero-order valence-corrected chi connectivity index (χ0v) is 13.7. The molecule has 0 amide bonds. The van der Waals surface area contributed by atoms with E-state index in [-0.39, 0.29) is 12.5 Å². The average molecular weight is 307 g/mol. The summed E-state index contributed by atoms with van der Waals surface area (Å²) in [5.74, 6) is 0.158. The lowest BCUT2D eigenvalue weighted by Gasteiger charge is -2.16. The van der Waals surface area contributed by atoms with Crippen LogP contribution >= 0.6 is 11.6 Å². The van der Waals surface area contributed by atoms with Gasteiger partial charge in [-0.25, -0.2) is 0 Å². The van der Waals surface area contributed by atoms with E-state index in [1.807, 2.05) is 11.6 Å². The topological polar surface area (TPSA) is 38.0 Å². The van der Waals surface area contributed by atoms with Gasteiger partial charge in [-0.15, -0.1) is 0 Å². The molecule has 0 aliphatic heterocycles. The van der Waals surface area contributed by atoms with E-state index >= 15 is 0 Å². The molecule has 1 heterocycles. The highest BCUT2D eigenvalue weighted by atomic mass is 35.5. The van der Waals surface area contributed by atoms with E-state index in [0.717, 1.165) is 35.8 Å². The summed E-state index contributed by atoms with van der Waals surface area (Å²) in [7, 11) is 0. The molecular weight excluding hydrogens is 284 g/mol. The molecule has 1 aromatic heterocycles. The summed E-state index contributed by atoms with van der Waals surface area (Å²) in [6, 6.07) is 8.43. The van der Waals surface area contributed by atoms with Crippen molar-refractivity contribution in [2.75, 3.05) is 6.61 Å². The number of hydrogen-bond donors (Lipinski definition) is 1. The molecule has 0 aliphatic carbocycles. The second-order valence-corrected chi connectivity index (χ2v) is 5.99. The van der Waals surface area contributed by atoms with Crippen LogP contribution < -0.4 is 0 Å². The van der Waals surface area contributed by atoms with Gasteiger partial charge in [0.15, 0.2) is 0 Å². The highest BCUT2D eigenvalue weighted by Crippen LogP contribution is 2.24. The van der Waals surface area contributed by atoms with Crippen LogP contribution in [0, 0.1) is 19.8 Å². The van der Waals surface area contributed by atoms with E-state index in [0.29, 0.717) is 0 Å². The minimum Gasteiger partial charge on any atom is -0.396 e. The second-order valence-electron chi connectivity index (χ2n) is 5.61. The normalized spacial score (nSPS) is 12.6. The number of aliphatic hydroxyl groups is 1. The SMILES string of the molecule is CCn1nc(C)c(Cl)c1CC(CO)Cc1cccc(C)c1. The van der Waals surface area contributed by atoms with Gasteiger partial charge in [-0.3, -0.25) is 4.68 Å². The average Bonchev–Trinajstić information content (AvgIpc) is 2.74. The molecule has 1 atom stereocenters. The molecule has 114 valence electrons. The Morgan fingerprint density at radius 2 is 2.05 bits per heavy atom. The van der Waals surface area contributed by atoms with Crippen molar-refractivity contribution in [3.05, 3.63) is 51.8 Å². The lowest BCUT2D eigenvalue weighted by Crippen LogP contribution is -2.16. The number of nitrogens with zero attached hydrogens (tertiary/aromatic N) is 2. The Balaban J connectivity index is 2.16. The lowest BCUT2D eigenvalue weighted by molar-refractivity contribution is 0.223. The lowest BCUT2D eigenvalue weighted by atomic mass is 9.94. The minimum absolute atomic E-state index is 0.151. The van der Waals surface area contributed by atoms with Gasteiger partial charge < -0.3 is 5.11 Å². The first-order valence-electron chi connectivity index (χ1n) is 7.43. The van der Waals surface area contributed by atoms with Crippen molar-refractivity contribution in [3.63, 3.8) is 0 Å². The zero-order chi connectivity index (χ0) is 15.4. The van der Waals surface area contributed by atoms with Crippen LogP contribution in [0.2, 0.25) is 5.02 Å². The summed E-state index contributed by atoms with van der Waals surface area (Å²) in [4.78, 5) is 0. The van der Waals surface area contributed by atoms with Crippen LogP contribution in [0.1, 0.15) is 29.4 Å². The third-order valence-electron chi connectivity index (χ3n) is 3.80. The van der Waals surface area contributed by atoms with E-state index in [2.05, 4.69) is 43.2 Å². The Labute approximate surface area is 131 Å². The Kier molecular flexibility index (Phi) is 5.43. The minimum atomic E-state index is 0.151. The largest absolute Gasteiger partial charge is 0.396 e. The van der Waals surface area contributed by atoms with Gasteiger partial charge in [0.25, 0.3) is 0 Å². The molecule has 0 spiro atoms. The van der Waals surface area contributed by atoms with E-state index < -0.39 is 0 Å². The van der Waals surface area contributed by atoms with Gasteiger partial charge in [-0.1, -0.05) is 41.4 Å². The first-order valence-corrected chi connectivity index (χ1v) is 7.81. The summed E-state index contributed by atoms with van der Waals surface area (Å²) in [5, 5.41) is 14.9. The van der Waals surface area contributed by atoms with Crippen molar-refractivity contribution in [1.82, 2.24) is 9.78 Å². The zero-order valence-electron chi connectivity index (χ0n) is 12.9. The molecule has 0 saturated heterocycles. The van der Waals surface area contributed by atoms with Crippen LogP contribution in [0.25, 0.3) is 0 Å². The van der Waals surface area contributed by atoms with Crippen molar-refractivity contribution in [3.8, 4) is 0 Å². The van der Waals surface area contributed by atoms with Crippen LogP contribution in [0.4, 0.5) is 0 Å². The van der Waals surface area contributed by atoms with Gasteiger partial charge in [0.1, 0.15) is 0 Å². The quantitative estimate of drug-likeness (QED) is 0.886. The Morgan fingerprint density at radius 3 is 2.67 bits per heavy atom. The predicted molar refractivity (Wildman–Crippen MR) is 86.8 cm³/mol. The molecule has 4 heteroatoms. The van der Waals surface area contributed by atoms with Gasteiger partial charge in [0, 0.05) is 13.2 Å². The van der Waals surface area contributed by atoms with Gasteiger partial charge in [0.2, 0.25) is 0 Å². The monoisotopic (exact) mass is 306 g/mol. The van der Waals surface area contributed by atoms with Gasteiger partial charge in [0.05, 0.1) is 16.4 Å². The molecule has 2 aromatic rings. The molecule has 3 nitrogen and oxygen atoms in total. The van der Waals surface area contributed by atoms with E-state index in [1.165, 1.54) is 11.1 Å². The van der Waals surface area contributed by atoms with Crippen molar-refractivity contribution >= 4 is 11.6 Å². The van der Waals surface area contributed by atoms with E-state index in [1.54, 1.807) is 0 Å². The smallest absolute Gasteiger partial charge is 0.0847 e. The molecule has 0 aliphatic rings. The maximum Gasteiger partial charge on any atom is 0.0847 e. The number of aliphatic hydroxyl groups excluding tert-OH is 1. The fourth-order valence-corrected chi connectivity index (χ4v) is 2.92. The number of aryl methyl sites for hydroxylation is 3. The van der Waals surface area contributed by atoms with Crippen LogP contribution in [0.3, 0.4) is 0 Å². The molecule has 0 fully saturated rings. The fourth-order valence-electron chi connectivity index (χ4n) is 2.71. The summed E-state index contributed by atoms with van der Waals surface area (Å²) in [6.45, 7) is 7.01. The van der Waals surface area contributed by atoms with Gasteiger partial charge in [-0.05, 0) is 45.1 Å². The van der Waals surface area contributed by atoms with E-state index in [9.17, 15) is 5.11 Å². The third-order valence-corrected chi connectivity index (χ3v) is 4.29. The summed E-state index contributed by atoms with van der Waals surface area (Å²) in [5.41, 5.74) is 4.39. The number of benzene rings is 1. The van der Waals surface area contributed by atoms with Crippen LogP contribution in [-0.2, 0) is 19.4 Å². The summed E-state index contributed by atoms with van der Waals surface area (Å²) in [6.07, 6.45) is 1.60. The maximum absolute atomic E-state index is 9.71. The van der Waals surface area contributed by atoms with E-state index in [4.69, 9.17) is 11.6 Å². The maximum atomic E-state index is 9.71. The standard InChI is InChI=1S/C17H23ClN2O/c1-4-20-16(17(18)13(3)19-20)10-15(11-21)9-14-7-5-6-12(2)8-14/h5-8,15,21H,4,9-11H2,1-3H3. The van der Waals surface area contributed by atoms with Crippen molar-refractivity contribution in [2.45, 2.75) is 40.2 Å². The Bertz CT molecular complexity index is 607. The van der Waals surface area contributed by atoms with Crippen molar-refractivity contribution < 1.29 is 5.11 Å². The number of aromatic nitrogens is 2. The highest BCUT2D eigenvalue weighted by molar-refractivity contribution is 6.31. The first-order chi connectivity index (χ1) is 10.0. The summed E-state index contributed by atoms with van der Waals surface area (Å²) < 4.78 is 1.94. The van der Waals surface area contributed by atoms with Crippen LogP contribution in [0.15, 0.2) is 24.3 Å². The van der Waals surface area contributed by atoms with Crippen molar-refractivity contribution in [2.24, 2.45) is 5.92 Å². The molecule has 1 N–H and O–H groups in total. The highest BCUT2D eigenvalue weighted by Gasteiger charge is 2.18. The molecule has 2 rings (SSSR count).